The number of Topliss-reactive ketones (excluding diaryl/α,β-unsaturated/α-hetero) is 1. The van der Waals surface area contributed by atoms with Crippen LogP contribution in [0.4, 0.5) is 5.00 Å². The molecule has 0 aliphatic carbocycles. The fourth-order valence-electron chi connectivity index (χ4n) is 1.45. The Morgan fingerprint density at radius 3 is 2.24 bits per heavy atom. The standard InChI is InChI=1S/C11H13NO4S/c1-5-8(11(15)16-4)10(12-7(3)14)17-9(5)6(2)13/h1-4H3,(H,12,14). The molecule has 0 saturated heterocycles. The van der Waals surface area contributed by atoms with Crippen molar-refractivity contribution in [3.8, 4) is 0 Å². The minimum absolute atomic E-state index is 0.144. The second-order valence-electron chi connectivity index (χ2n) is 3.49. The van der Waals surface area contributed by atoms with E-state index in [4.69, 9.17) is 0 Å². The fourth-order valence-corrected chi connectivity index (χ4v) is 2.58. The Balaban J connectivity index is 3.36. The quantitative estimate of drug-likeness (QED) is 0.662. The van der Waals surface area contributed by atoms with Crippen LogP contribution >= 0.6 is 11.3 Å². The molecule has 0 unspecified atom stereocenters. The van der Waals surface area contributed by atoms with Gasteiger partial charge in [0, 0.05) is 6.92 Å². The zero-order valence-corrected chi connectivity index (χ0v) is 10.9. The normalized spacial score (nSPS) is 9.88. The predicted octanol–water partition coefficient (Wildman–Crippen LogP) is 2.00. The molecule has 0 bridgehead atoms. The van der Waals surface area contributed by atoms with Crippen LogP contribution in [0.3, 0.4) is 0 Å². The predicted molar refractivity (Wildman–Crippen MR) is 64.7 cm³/mol. The van der Waals surface area contributed by atoms with Crippen LogP contribution in [0.2, 0.25) is 0 Å². The highest BCUT2D eigenvalue weighted by molar-refractivity contribution is 7.18. The van der Waals surface area contributed by atoms with Gasteiger partial charge in [0.05, 0.1) is 17.6 Å². The van der Waals surface area contributed by atoms with Crippen LogP contribution in [0.1, 0.15) is 39.4 Å². The molecule has 0 saturated carbocycles. The average molecular weight is 255 g/mol. The van der Waals surface area contributed by atoms with E-state index in [0.29, 0.717) is 15.4 Å². The van der Waals surface area contributed by atoms with Crippen LogP contribution in [-0.2, 0) is 9.53 Å². The van der Waals surface area contributed by atoms with Gasteiger partial charge in [-0.05, 0) is 19.4 Å². The number of nitrogens with one attached hydrogen (secondary N) is 1. The maximum absolute atomic E-state index is 11.6. The first-order valence-corrected chi connectivity index (χ1v) is 5.70. The van der Waals surface area contributed by atoms with Gasteiger partial charge in [-0.1, -0.05) is 0 Å². The van der Waals surface area contributed by atoms with Gasteiger partial charge in [-0.25, -0.2) is 4.79 Å². The second kappa shape index (κ2) is 5.09. The van der Waals surface area contributed by atoms with E-state index in [0.717, 1.165) is 11.3 Å². The van der Waals surface area contributed by atoms with Gasteiger partial charge in [-0.2, -0.15) is 0 Å². The molecule has 1 aromatic rings. The highest BCUT2D eigenvalue weighted by atomic mass is 32.1. The summed E-state index contributed by atoms with van der Waals surface area (Å²) in [5.74, 6) is -1.00. The maximum Gasteiger partial charge on any atom is 0.341 e. The Kier molecular flexibility index (Phi) is 4.01. The minimum atomic E-state index is -0.560. The van der Waals surface area contributed by atoms with Crippen LogP contribution in [-0.4, -0.2) is 24.8 Å². The van der Waals surface area contributed by atoms with Crippen LogP contribution in [0, 0.1) is 6.92 Å². The van der Waals surface area contributed by atoms with Crippen LogP contribution < -0.4 is 5.32 Å². The van der Waals surface area contributed by atoms with Gasteiger partial charge in [0.1, 0.15) is 5.00 Å². The number of ether oxygens (including phenoxy) is 1. The summed E-state index contributed by atoms with van der Waals surface area (Å²) in [6.45, 7) is 4.41. The van der Waals surface area contributed by atoms with Crippen molar-refractivity contribution >= 4 is 34.0 Å². The molecule has 1 N–H and O–H groups in total. The maximum atomic E-state index is 11.6. The van der Waals surface area contributed by atoms with Gasteiger partial charge >= 0.3 is 5.97 Å². The Hall–Kier alpha value is -1.69. The highest BCUT2D eigenvalue weighted by Gasteiger charge is 2.24. The van der Waals surface area contributed by atoms with Gasteiger partial charge in [0.25, 0.3) is 0 Å². The number of carbonyl (C=O) groups excluding carboxylic acids is 3. The van der Waals surface area contributed by atoms with Crippen molar-refractivity contribution in [1.82, 2.24) is 0 Å². The van der Waals surface area contributed by atoms with Crippen LogP contribution in [0.25, 0.3) is 0 Å². The molecule has 0 fully saturated rings. The number of methoxy groups -OCH3 is 1. The lowest BCUT2D eigenvalue weighted by Gasteiger charge is -2.03. The van der Waals surface area contributed by atoms with E-state index in [1.807, 2.05) is 0 Å². The number of hydrogen-bond acceptors (Lipinski definition) is 5. The van der Waals surface area contributed by atoms with Crippen molar-refractivity contribution in [2.75, 3.05) is 12.4 Å². The summed E-state index contributed by atoms with van der Waals surface area (Å²) in [7, 11) is 1.25. The zero-order chi connectivity index (χ0) is 13.2. The first-order chi connectivity index (χ1) is 7.88. The first-order valence-electron chi connectivity index (χ1n) is 4.88. The number of carbonyl (C=O) groups is 3. The molecule has 6 heteroatoms. The molecule has 5 nitrogen and oxygen atoms in total. The van der Waals surface area contributed by atoms with Crippen molar-refractivity contribution in [1.29, 1.82) is 0 Å². The average Bonchev–Trinajstić information content (AvgIpc) is 2.54. The smallest absolute Gasteiger partial charge is 0.341 e. The van der Waals surface area contributed by atoms with Crippen molar-refractivity contribution in [2.24, 2.45) is 0 Å². The lowest BCUT2D eigenvalue weighted by atomic mass is 10.1. The number of esters is 1. The Morgan fingerprint density at radius 1 is 1.24 bits per heavy atom. The molecule has 0 aliphatic heterocycles. The lowest BCUT2D eigenvalue weighted by molar-refractivity contribution is -0.114. The summed E-state index contributed by atoms with van der Waals surface area (Å²) in [5, 5.41) is 2.88. The number of rotatable bonds is 3. The van der Waals surface area contributed by atoms with Gasteiger partial charge in [0.2, 0.25) is 5.91 Å². The molecule has 92 valence electrons. The van der Waals surface area contributed by atoms with Gasteiger partial charge in [-0.15, -0.1) is 11.3 Å². The van der Waals surface area contributed by atoms with E-state index in [-0.39, 0.29) is 17.3 Å². The molecule has 0 atom stereocenters. The van der Waals surface area contributed by atoms with E-state index in [9.17, 15) is 14.4 Å². The molecule has 17 heavy (non-hydrogen) atoms. The Morgan fingerprint density at radius 2 is 1.82 bits per heavy atom. The summed E-state index contributed by atoms with van der Waals surface area (Å²) >= 11 is 1.08. The molecule has 0 aliphatic rings. The molecular formula is C11H13NO4S. The number of anilines is 1. The minimum Gasteiger partial charge on any atom is -0.465 e. The molecular weight excluding hydrogens is 242 g/mol. The SMILES string of the molecule is COC(=O)c1c(NC(C)=O)sc(C(C)=O)c1C. The van der Waals surface area contributed by atoms with Gasteiger partial charge in [0.15, 0.2) is 5.78 Å². The van der Waals surface area contributed by atoms with E-state index in [1.54, 1.807) is 6.92 Å². The van der Waals surface area contributed by atoms with Crippen molar-refractivity contribution < 1.29 is 19.1 Å². The summed E-state index contributed by atoms with van der Waals surface area (Å²) < 4.78 is 4.64. The first kappa shape index (κ1) is 13.4. The van der Waals surface area contributed by atoms with Gasteiger partial charge < -0.3 is 10.1 Å². The molecule has 0 radical (unpaired) electrons. The van der Waals surface area contributed by atoms with Crippen molar-refractivity contribution in [3.05, 3.63) is 16.0 Å². The fraction of sp³-hybridized carbons (Fsp3) is 0.364. The molecule has 1 heterocycles. The third-order valence-electron chi connectivity index (χ3n) is 2.15. The van der Waals surface area contributed by atoms with E-state index in [1.165, 1.54) is 21.0 Å². The third-order valence-corrected chi connectivity index (χ3v) is 3.45. The number of amides is 1. The van der Waals surface area contributed by atoms with Crippen LogP contribution in [0.15, 0.2) is 0 Å². The monoisotopic (exact) mass is 255 g/mol. The zero-order valence-electron chi connectivity index (χ0n) is 10.0. The second-order valence-corrected chi connectivity index (χ2v) is 4.51. The Labute approximate surface area is 103 Å². The van der Waals surface area contributed by atoms with Crippen molar-refractivity contribution in [3.63, 3.8) is 0 Å². The summed E-state index contributed by atoms with van der Waals surface area (Å²) in [6, 6.07) is 0. The molecule has 0 aromatic carbocycles. The highest BCUT2D eigenvalue weighted by Crippen LogP contribution is 2.33. The molecule has 0 spiro atoms. The lowest BCUT2D eigenvalue weighted by Crippen LogP contribution is -2.10. The number of ketones is 1. The summed E-state index contributed by atoms with van der Waals surface area (Å²) in [4.78, 5) is 34.4. The topological polar surface area (TPSA) is 72.5 Å². The molecule has 1 aromatic heterocycles. The van der Waals surface area contributed by atoms with E-state index >= 15 is 0 Å². The van der Waals surface area contributed by atoms with Gasteiger partial charge in [-0.3, -0.25) is 9.59 Å². The molecule has 1 rings (SSSR count). The third kappa shape index (κ3) is 2.71. The van der Waals surface area contributed by atoms with Crippen LogP contribution in [0.5, 0.6) is 0 Å². The Bertz CT molecular complexity index is 490. The molecule has 1 amide bonds. The summed E-state index contributed by atoms with van der Waals surface area (Å²) in [6.07, 6.45) is 0. The number of hydrogen-bond donors (Lipinski definition) is 1. The number of thiophene rings is 1. The largest absolute Gasteiger partial charge is 0.465 e. The van der Waals surface area contributed by atoms with E-state index < -0.39 is 5.97 Å². The van der Waals surface area contributed by atoms with Crippen molar-refractivity contribution in [2.45, 2.75) is 20.8 Å². The van der Waals surface area contributed by atoms with E-state index in [2.05, 4.69) is 10.1 Å². The summed E-state index contributed by atoms with van der Waals surface area (Å²) in [5.41, 5.74) is 0.788.